The van der Waals surface area contributed by atoms with Crippen molar-refractivity contribution in [3.8, 4) is 0 Å². The first-order chi connectivity index (χ1) is 11.6. The van der Waals surface area contributed by atoms with Crippen molar-refractivity contribution in [2.24, 2.45) is 0 Å². The summed E-state index contributed by atoms with van der Waals surface area (Å²) in [5.74, 6) is 0. The van der Waals surface area contributed by atoms with Gasteiger partial charge < -0.3 is 0 Å². The zero-order chi connectivity index (χ0) is 19.3. The van der Waals surface area contributed by atoms with Gasteiger partial charge in [-0.15, -0.1) is 34.0 Å². The van der Waals surface area contributed by atoms with Crippen LogP contribution in [0.5, 0.6) is 0 Å². The summed E-state index contributed by atoms with van der Waals surface area (Å²) in [5.41, 5.74) is 11.5. The van der Waals surface area contributed by atoms with Crippen molar-refractivity contribution < 1.29 is 18.5 Å². The first kappa shape index (κ1) is 23.1. The number of hydrogen-bond acceptors (Lipinski definition) is 0. The van der Waals surface area contributed by atoms with E-state index in [9.17, 15) is 0 Å². The Bertz CT molecular complexity index is 718. The molecule has 0 aromatic heterocycles. The number of halogens is 2. The molecule has 0 heterocycles. The van der Waals surface area contributed by atoms with Crippen molar-refractivity contribution in [2.45, 2.75) is 55.4 Å². The molecule has 0 unspecified atom stereocenters. The van der Waals surface area contributed by atoms with Crippen LogP contribution >= 0.6 is 24.4 Å². The van der Waals surface area contributed by atoms with Gasteiger partial charge in [-0.3, -0.25) is 0 Å². The van der Waals surface area contributed by atoms with Gasteiger partial charge in [-0.1, -0.05) is 60.1 Å². The summed E-state index contributed by atoms with van der Waals surface area (Å²) in [5, 5.41) is 2.82. The van der Waals surface area contributed by atoms with E-state index < -0.39 is 0 Å². The van der Waals surface area contributed by atoms with Gasteiger partial charge in [-0.05, 0) is 6.92 Å². The summed E-state index contributed by atoms with van der Waals surface area (Å²) in [6.45, 7) is 17.5. The Morgan fingerprint density at radius 1 is 0.840 bits per heavy atom. The van der Waals surface area contributed by atoms with Gasteiger partial charge in [-0.25, -0.2) is 0 Å². The van der Waals surface area contributed by atoms with Gasteiger partial charge in [-0.2, -0.15) is 33.9 Å². The second-order valence-electron chi connectivity index (χ2n) is 6.76. The number of aryl methyl sites for hydroxylation is 3. The molecule has 3 rings (SSSR count). The minimum absolute atomic E-state index is 0.145. The van der Waals surface area contributed by atoms with Gasteiger partial charge in [0.15, 0.2) is 0 Å². The molecule has 0 atom stereocenters. The fraction of sp³-hybridized carbons (Fsp3) is 0.364. The van der Waals surface area contributed by atoms with E-state index in [0.717, 1.165) is 0 Å². The third-order valence-electron chi connectivity index (χ3n) is 5.28. The molecule has 0 amide bonds. The number of hydrogen-bond donors (Lipinski definition) is 0. The Hall–Kier alpha value is 0.0231. The average molecular weight is 543 g/mol. The molecular formula is C22H28Br2Zr. The van der Waals surface area contributed by atoms with Crippen LogP contribution < -0.4 is 0 Å². The van der Waals surface area contributed by atoms with Crippen molar-refractivity contribution >= 4 is 35.2 Å². The molecule has 0 aliphatic carbocycles. The SMILES string of the molecule is Cc1c(C)c(C)[c-](C)c1C.Cc1cc2c(C)ccc(C)c2[cH-]1.[Br][Zr+2][Br]. The minimum atomic E-state index is -0.145. The van der Waals surface area contributed by atoms with Crippen LogP contribution in [0.1, 0.15) is 44.5 Å². The summed E-state index contributed by atoms with van der Waals surface area (Å²) >= 11 is 6.32. The average Bonchev–Trinajstić information content (AvgIpc) is 3.05. The van der Waals surface area contributed by atoms with E-state index in [4.69, 9.17) is 0 Å². The van der Waals surface area contributed by atoms with E-state index >= 15 is 0 Å². The van der Waals surface area contributed by atoms with Crippen LogP contribution in [0.3, 0.4) is 0 Å². The topological polar surface area (TPSA) is 0 Å². The monoisotopic (exact) mass is 540 g/mol. The Morgan fingerprint density at radius 2 is 1.28 bits per heavy atom. The van der Waals surface area contributed by atoms with Crippen LogP contribution in [0.25, 0.3) is 10.8 Å². The molecule has 0 spiro atoms. The van der Waals surface area contributed by atoms with Crippen molar-refractivity contribution in [1.82, 2.24) is 0 Å². The molecule has 0 aliphatic rings. The molecule has 0 fully saturated rings. The quantitative estimate of drug-likeness (QED) is 0.251. The van der Waals surface area contributed by atoms with Gasteiger partial charge in [0.25, 0.3) is 0 Å². The normalized spacial score (nSPS) is 9.84. The van der Waals surface area contributed by atoms with Crippen molar-refractivity contribution in [1.29, 1.82) is 0 Å². The van der Waals surface area contributed by atoms with Crippen LogP contribution in [0.4, 0.5) is 0 Å². The van der Waals surface area contributed by atoms with Crippen molar-refractivity contribution in [2.75, 3.05) is 0 Å². The van der Waals surface area contributed by atoms with E-state index in [1.807, 2.05) is 0 Å². The zero-order valence-corrected chi connectivity index (χ0v) is 22.2. The van der Waals surface area contributed by atoms with Crippen molar-refractivity contribution in [3.63, 3.8) is 0 Å². The van der Waals surface area contributed by atoms with Gasteiger partial charge in [0.05, 0.1) is 0 Å². The number of fused-ring (bicyclic) bond motifs is 1. The molecule has 0 saturated heterocycles. The summed E-state index contributed by atoms with van der Waals surface area (Å²) < 4.78 is 0. The molecule has 0 nitrogen and oxygen atoms in total. The first-order valence-corrected chi connectivity index (χ1v) is 19.7. The second-order valence-corrected chi connectivity index (χ2v) is 18.1. The molecule has 0 bridgehead atoms. The van der Waals surface area contributed by atoms with E-state index in [0.29, 0.717) is 0 Å². The van der Waals surface area contributed by atoms with E-state index in [2.05, 4.69) is 104 Å². The summed E-state index contributed by atoms with van der Waals surface area (Å²) in [6.07, 6.45) is 0. The molecule has 0 aliphatic heterocycles. The standard InChI is InChI=1S/C12H13.C10H15.2BrH.Zr/c1-8-6-11-9(2)4-5-10(3)12(11)7-8;1-6-7(2)9(4)10(5)8(6)3;;;/h4-7H,1-3H3;1-5H3;2*1H;/q2*-1;;;+4/p-2. The number of benzene rings is 1. The Kier molecular flexibility index (Phi) is 9.58. The Balaban J connectivity index is 0.000000220. The fourth-order valence-electron chi connectivity index (χ4n) is 3.14. The predicted octanol–water partition coefficient (Wildman–Crippen LogP) is 8.12. The van der Waals surface area contributed by atoms with Crippen molar-refractivity contribution in [3.05, 3.63) is 68.8 Å². The van der Waals surface area contributed by atoms with Crippen LogP contribution in [-0.4, -0.2) is 0 Å². The summed E-state index contributed by atoms with van der Waals surface area (Å²) in [4.78, 5) is 0. The van der Waals surface area contributed by atoms with E-state index in [1.165, 1.54) is 55.3 Å². The molecular weight excluding hydrogens is 515 g/mol. The van der Waals surface area contributed by atoms with Gasteiger partial charge in [0.1, 0.15) is 0 Å². The van der Waals surface area contributed by atoms with Crippen LogP contribution in [0, 0.1) is 55.4 Å². The molecule has 3 aromatic carbocycles. The first-order valence-electron chi connectivity index (χ1n) is 8.44. The third kappa shape index (κ3) is 5.75. The van der Waals surface area contributed by atoms with Crippen LogP contribution in [0.2, 0.25) is 0 Å². The van der Waals surface area contributed by atoms with E-state index in [-0.39, 0.29) is 18.5 Å². The third-order valence-corrected chi connectivity index (χ3v) is 5.28. The maximum absolute atomic E-state index is 3.23. The zero-order valence-electron chi connectivity index (χ0n) is 16.6. The van der Waals surface area contributed by atoms with Gasteiger partial charge in [0, 0.05) is 0 Å². The molecule has 0 radical (unpaired) electrons. The van der Waals surface area contributed by atoms with Crippen LogP contribution in [-0.2, 0) is 18.5 Å². The molecule has 25 heavy (non-hydrogen) atoms. The molecule has 3 aromatic rings. The fourth-order valence-corrected chi connectivity index (χ4v) is 3.14. The van der Waals surface area contributed by atoms with Gasteiger partial charge in [0.2, 0.25) is 0 Å². The maximum atomic E-state index is 3.23. The summed E-state index contributed by atoms with van der Waals surface area (Å²) in [7, 11) is 0. The summed E-state index contributed by atoms with van der Waals surface area (Å²) in [6, 6.07) is 8.91. The number of rotatable bonds is 0. The molecule has 134 valence electrons. The molecule has 0 N–H and O–H groups in total. The van der Waals surface area contributed by atoms with E-state index in [1.54, 1.807) is 0 Å². The van der Waals surface area contributed by atoms with Gasteiger partial charge >= 0.3 is 43.0 Å². The predicted molar refractivity (Wildman–Crippen MR) is 117 cm³/mol. The Morgan fingerprint density at radius 3 is 1.64 bits per heavy atom. The molecule has 0 saturated carbocycles. The Labute approximate surface area is 176 Å². The molecule has 3 heteroatoms. The van der Waals surface area contributed by atoms with Crippen LogP contribution in [0.15, 0.2) is 24.3 Å². The second kappa shape index (κ2) is 10.4.